The van der Waals surface area contributed by atoms with Crippen LogP contribution in [0.2, 0.25) is 0 Å². The van der Waals surface area contributed by atoms with Crippen LogP contribution in [0.3, 0.4) is 0 Å². The van der Waals surface area contributed by atoms with E-state index in [9.17, 15) is 22.8 Å². The first-order valence-corrected chi connectivity index (χ1v) is 10.9. The second kappa shape index (κ2) is 8.67. The number of rotatable bonds is 6. The molecule has 1 aliphatic rings. The largest absolute Gasteiger partial charge is 0.497 e. The van der Waals surface area contributed by atoms with Crippen LogP contribution in [-0.2, 0) is 17.5 Å². The lowest BCUT2D eigenvalue weighted by atomic mass is 10.1. The Labute approximate surface area is 202 Å². The third kappa shape index (κ3) is 3.72. The molecule has 8 nitrogen and oxygen atoms in total. The molecular weight excluding hydrogens is 477 g/mol. The fraction of sp³-hybridized carbons (Fsp3) is 0.200. The van der Waals surface area contributed by atoms with E-state index >= 15 is 0 Å². The van der Waals surface area contributed by atoms with Gasteiger partial charge in [0.2, 0.25) is 0 Å². The van der Waals surface area contributed by atoms with Crippen LogP contribution in [0.25, 0.3) is 16.5 Å². The molecule has 0 atom stereocenters. The number of ether oxygens (including phenoxy) is 2. The molecule has 0 saturated heterocycles. The van der Waals surface area contributed by atoms with Gasteiger partial charge < -0.3 is 14.4 Å². The van der Waals surface area contributed by atoms with Gasteiger partial charge in [-0.1, -0.05) is 12.1 Å². The number of methoxy groups -OCH3 is 1. The highest BCUT2D eigenvalue weighted by atomic mass is 19.4. The van der Waals surface area contributed by atoms with E-state index in [0.717, 1.165) is 11.8 Å². The maximum Gasteiger partial charge on any atom is 0.434 e. The lowest BCUT2D eigenvalue weighted by Crippen LogP contribution is -2.26. The first-order valence-electron chi connectivity index (χ1n) is 10.9. The molecule has 184 valence electrons. The number of hydrogen-bond acceptors (Lipinski definition) is 6. The van der Waals surface area contributed by atoms with Gasteiger partial charge in [-0.05, 0) is 42.8 Å². The van der Waals surface area contributed by atoms with Crippen LogP contribution in [0.1, 0.15) is 39.0 Å². The minimum Gasteiger partial charge on any atom is -0.497 e. The quantitative estimate of drug-likeness (QED) is 0.357. The van der Waals surface area contributed by atoms with Gasteiger partial charge in [0.25, 0.3) is 5.91 Å². The molecule has 5 rings (SSSR count). The summed E-state index contributed by atoms with van der Waals surface area (Å²) in [4.78, 5) is 31.1. The Morgan fingerprint density at radius 1 is 1.06 bits per heavy atom. The predicted molar refractivity (Wildman–Crippen MR) is 123 cm³/mol. The Hall–Kier alpha value is -4.41. The summed E-state index contributed by atoms with van der Waals surface area (Å²) >= 11 is 0. The van der Waals surface area contributed by atoms with Crippen LogP contribution in [0.15, 0.2) is 54.9 Å². The third-order valence-electron chi connectivity index (χ3n) is 5.88. The van der Waals surface area contributed by atoms with Crippen LogP contribution in [0, 0.1) is 0 Å². The Balaban J connectivity index is 1.63. The van der Waals surface area contributed by atoms with E-state index in [1.807, 2.05) is 12.1 Å². The molecule has 11 heteroatoms. The van der Waals surface area contributed by atoms with E-state index in [1.165, 1.54) is 30.2 Å². The zero-order valence-electron chi connectivity index (χ0n) is 19.2. The van der Waals surface area contributed by atoms with Gasteiger partial charge in [0.05, 0.1) is 37.8 Å². The van der Waals surface area contributed by atoms with Crippen molar-refractivity contribution in [3.63, 3.8) is 0 Å². The number of alkyl halides is 3. The van der Waals surface area contributed by atoms with Crippen LogP contribution >= 0.6 is 0 Å². The summed E-state index contributed by atoms with van der Waals surface area (Å²) in [6.45, 7) is 1.65. The number of anilines is 1. The predicted octanol–water partition coefficient (Wildman–Crippen LogP) is 4.79. The van der Waals surface area contributed by atoms with Crippen molar-refractivity contribution < 1.29 is 32.2 Å². The molecule has 2 aromatic carbocycles. The van der Waals surface area contributed by atoms with Crippen molar-refractivity contribution in [3.8, 4) is 11.4 Å². The summed E-state index contributed by atoms with van der Waals surface area (Å²) in [6, 6.07) is 11.7. The molecule has 0 aliphatic carbocycles. The molecule has 1 amide bonds. The number of halogens is 3. The SMILES string of the molecule is CCOC(=O)c1cnn(-c2ccc3c4c(nccc24)C(=O)N3Cc2ccc(OC)cc2)c1C(F)(F)F. The van der Waals surface area contributed by atoms with E-state index < -0.39 is 23.4 Å². The van der Waals surface area contributed by atoms with Crippen molar-refractivity contribution in [2.45, 2.75) is 19.6 Å². The average molecular weight is 496 g/mol. The van der Waals surface area contributed by atoms with Gasteiger partial charge in [-0.2, -0.15) is 18.3 Å². The van der Waals surface area contributed by atoms with Crippen molar-refractivity contribution in [2.24, 2.45) is 0 Å². The Morgan fingerprint density at radius 2 is 1.78 bits per heavy atom. The first kappa shape index (κ1) is 23.3. The van der Waals surface area contributed by atoms with Crippen molar-refractivity contribution in [1.29, 1.82) is 0 Å². The molecule has 0 N–H and O–H groups in total. The van der Waals surface area contributed by atoms with Gasteiger partial charge in [-0.25, -0.2) is 9.48 Å². The standard InChI is InChI=1S/C25H19F3N4O4/c1-3-36-24(34)17-12-30-32(22(17)25(26,27)28)18-8-9-19-20-16(18)10-11-29-21(20)23(33)31(19)13-14-4-6-15(35-2)7-5-14/h4-12H,3,13H2,1-2H3. The Bertz CT molecular complexity index is 1500. The van der Waals surface area contributed by atoms with Crippen LogP contribution in [0.4, 0.5) is 18.9 Å². The van der Waals surface area contributed by atoms with Gasteiger partial charge in [0.1, 0.15) is 17.0 Å². The molecule has 3 heterocycles. The molecule has 36 heavy (non-hydrogen) atoms. The summed E-state index contributed by atoms with van der Waals surface area (Å²) in [5.41, 5.74) is -0.413. The first-order chi connectivity index (χ1) is 17.2. The molecule has 4 aromatic rings. The van der Waals surface area contributed by atoms with E-state index in [2.05, 4.69) is 10.1 Å². The maximum absolute atomic E-state index is 14.1. The van der Waals surface area contributed by atoms with E-state index in [4.69, 9.17) is 9.47 Å². The van der Waals surface area contributed by atoms with E-state index in [-0.39, 0.29) is 30.4 Å². The molecular formula is C25H19F3N4O4. The molecule has 0 radical (unpaired) electrons. The number of hydrogen-bond donors (Lipinski definition) is 0. The molecule has 0 unspecified atom stereocenters. The summed E-state index contributed by atoms with van der Waals surface area (Å²) in [6.07, 6.45) is -2.69. The summed E-state index contributed by atoms with van der Waals surface area (Å²) in [5.74, 6) is -0.818. The van der Waals surface area contributed by atoms with E-state index in [0.29, 0.717) is 26.9 Å². The van der Waals surface area contributed by atoms with Gasteiger partial charge in [0.15, 0.2) is 5.69 Å². The summed E-state index contributed by atoms with van der Waals surface area (Å²) < 4.78 is 52.8. The molecule has 2 aromatic heterocycles. The lowest BCUT2D eigenvalue weighted by molar-refractivity contribution is -0.143. The fourth-order valence-electron chi connectivity index (χ4n) is 4.31. The zero-order chi connectivity index (χ0) is 25.6. The number of carbonyl (C=O) groups is 2. The molecule has 0 fully saturated rings. The van der Waals surface area contributed by atoms with Crippen LogP contribution < -0.4 is 9.64 Å². The molecule has 1 aliphatic heterocycles. The topological polar surface area (TPSA) is 86.5 Å². The maximum atomic E-state index is 14.1. The Kier molecular flexibility index (Phi) is 5.62. The zero-order valence-corrected chi connectivity index (χ0v) is 19.2. The number of benzene rings is 2. The number of esters is 1. The van der Waals surface area contributed by atoms with Gasteiger partial charge in [-0.3, -0.25) is 9.78 Å². The number of nitrogens with zero attached hydrogens (tertiary/aromatic N) is 4. The minimum atomic E-state index is -4.89. The van der Waals surface area contributed by atoms with Gasteiger partial charge >= 0.3 is 12.1 Å². The highest BCUT2D eigenvalue weighted by molar-refractivity contribution is 6.24. The monoisotopic (exact) mass is 496 g/mol. The van der Waals surface area contributed by atoms with Crippen LogP contribution in [-0.4, -0.2) is 40.4 Å². The van der Waals surface area contributed by atoms with E-state index in [1.54, 1.807) is 25.3 Å². The van der Waals surface area contributed by atoms with Gasteiger partial charge in [0, 0.05) is 17.0 Å². The second-order valence-electron chi connectivity index (χ2n) is 7.96. The fourth-order valence-corrected chi connectivity index (χ4v) is 4.31. The van der Waals surface area contributed by atoms with Crippen molar-refractivity contribution in [1.82, 2.24) is 14.8 Å². The summed E-state index contributed by atoms with van der Waals surface area (Å²) in [5, 5.41) is 4.62. The van der Waals surface area contributed by atoms with Gasteiger partial charge in [-0.15, -0.1) is 0 Å². The lowest BCUT2D eigenvalue weighted by Gasteiger charge is -2.19. The third-order valence-corrected chi connectivity index (χ3v) is 5.88. The number of carbonyl (C=O) groups excluding carboxylic acids is 2. The summed E-state index contributed by atoms with van der Waals surface area (Å²) in [7, 11) is 1.55. The smallest absolute Gasteiger partial charge is 0.434 e. The minimum absolute atomic E-state index is 0.0550. The molecule has 0 spiro atoms. The number of pyridine rings is 1. The number of amides is 1. The number of aromatic nitrogens is 3. The highest BCUT2D eigenvalue weighted by Crippen LogP contribution is 2.41. The van der Waals surface area contributed by atoms with Crippen molar-refractivity contribution >= 4 is 28.3 Å². The second-order valence-corrected chi connectivity index (χ2v) is 7.96. The Morgan fingerprint density at radius 3 is 2.44 bits per heavy atom. The average Bonchev–Trinajstić information content (AvgIpc) is 3.42. The van der Waals surface area contributed by atoms with Crippen molar-refractivity contribution in [3.05, 3.63) is 77.4 Å². The van der Waals surface area contributed by atoms with Crippen LogP contribution in [0.5, 0.6) is 5.75 Å². The highest BCUT2D eigenvalue weighted by Gasteiger charge is 2.42. The molecule has 0 bridgehead atoms. The molecule has 0 saturated carbocycles. The normalized spacial score (nSPS) is 12.9. The van der Waals surface area contributed by atoms with Crippen molar-refractivity contribution in [2.75, 3.05) is 18.6 Å².